The largest absolute Gasteiger partial charge is 0.469 e. The maximum atomic E-state index is 11.0. The van der Waals surface area contributed by atoms with Crippen molar-refractivity contribution in [2.75, 3.05) is 7.11 Å². The summed E-state index contributed by atoms with van der Waals surface area (Å²) in [6.45, 7) is 4.24. The number of hydrogen-bond donors (Lipinski definition) is 1. The number of rotatable bonds is 2. The molecule has 0 amide bonds. The van der Waals surface area contributed by atoms with Gasteiger partial charge in [0.05, 0.1) is 19.6 Å². The lowest BCUT2D eigenvalue weighted by atomic mass is 9.90. The van der Waals surface area contributed by atoms with E-state index in [1.54, 1.807) is 0 Å². The molecule has 0 aliphatic heterocycles. The van der Waals surface area contributed by atoms with Gasteiger partial charge in [-0.1, -0.05) is 13.8 Å². The normalized spacial score (nSPS) is 31.7. The van der Waals surface area contributed by atoms with E-state index in [2.05, 4.69) is 18.6 Å². The highest BCUT2D eigenvalue weighted by molar-refractivity contribution is 5.69. The summed E-state index contributed by atoms with van der Waals surface area (Å²) in [5.74, 6) is -0.135. The molecule has 0 aromatic heterocycles. The fourth-order valence-electron chi connectivity index (χ4n) is 2.17. The summed E-state index contributed by atoms with van der Waals surface area (Å²) < 4.78 is 4.58. The van der Waals surface area contributed by atoms with Crippen LogP contribution >= 0.6 is 0 Å². The van der Waals surface area contributed by atoms with Gasteiger partial charge in [0.15, 0.2) is 0 Å². The van der Waals surface area contributed by atoms with Crippen molar-refractivity contribution in [3.05, 3.63) is 0 Å². The Bertz CT molecular complexity index is 198. The van der Waals surface area contributed by atoms with Gasteiger partial charge >= 0.3 is 5.97 Å². The average Bonchev–Trinajstić information content (AvgIpc) is 2.24. The standard InChI is InChI=1S/C10H18O3/c1-10(2)5-7(8(11)6-10)4-9(12)13-3/h7-8,11H,4-6H2,1-3H3/t7-,8-/m1/s1. The Morgan fingerprint density at radius 3 is 2.54 bits per heavy atom. The van der Waals surface area contributed by atoms with Gasteiger partial charge in [0, 0.05) is 0 Å². The lowest BCUT2D eigenvalue weighted by Gasteiger charge is -2.15. The molecule has 1 aliphatic carbocycles. The van der Waals surface area contributed by atoms with E-state index >= 15 is 0 Å². The third kappa shape index (κ3) is 2.69. The molecule has 3 heteroatoms. The summed E-state index contributed by atoms with van der Waals surface area (Å²) in [6.07, 6.45) is 1.70. The smallest absolute Gasteiger partial charge is 0.305 e. The maximum Gasteiger partial charge on any atom is 0.305 e. The predicted octanol–water partition coefficient (Wildman–Crippen LogP) is 1.35. The summed E-state index contributed by atoms with van der Waals surface area (Å²) in [7, 11) is 1.38. The molecule has 0 spiro atoms. The number of methoxy groups -OCH3 is 1. The number of aliphatic hydroxyl groups is 1. The van der Waals surface area contributed by atoms with Crippen LogP contribution in [0.1, 0.15) is 33.1 Å². The molecule has 0 saturated heterocycles. The zero-order chi connectivity index (χ0) is 10.1. The molecule has 76 valence electrons. The summed E-state index contributed by atoms with van der Waals surface area (Å²) in [5.41, 5.74) is 0.165. The van der Waals surface area contributed by atoms with Gasteiger partial charge in [-0.2, -0.15) is 0 Å². The predicted molar refractivity (Wildman–Crippen MR) is 49.1 cm³/mol. The number of aliphatic hydroxyl groups excluding tert-OH is 1. The molecule has 0 unspecified atom stereocenters. The molecule has 0 bridgehead atoms. The Morgan fingerprint density at radius 1 is 1.54 bits per heavy atom. The van der Waals surface area contributed by atoms with Crippen molar-refractivity contribution >= 4 is 5.97 Å². The van der Waals surface area contributed by atoms with Crippen molar-refractivity contribution in [2.24, 2.45) is 11.3 Å². The summed E-state index contributed by atoms with van der Waals surface area (Å²) in [5, 5.41) is 9.66. The van der Waals surface area contributed by atoms with Crippen LogP contribution in [0.15, 0.2) is 0 Å². The lowest BCUT2D eigenvalue weighted by Crippen LogP contribution is -2.17. The third-order valence-corrected chi connectivity index (χ3v) is 2.78. The van der Waals surface area contributed by atoms with Crippen molar-refractivity contribution in [1.29, 1.82) is 0 Å². The number of hydrogen-bond acceptors (Lipinski definition) is 3. The first kappa shape index (κ1) is 10.5. The van der Waals surface area contributed by atoms with E-state index in [1.165, 1.54) is 7.11 Å². The van der Waals surface area contributed by atoms with Crippen LogP contribution in [0.3, 0.4) is 0 Å². The quantitative estimate of drug-likeness (QED) is 0.662. The maximum absolute atomic E-state index is 11.0. The van der Waals surface area contributed by atoms with Crippen LogP contribution in [0.5, 0.6) is 0 Å². The molecule has 0 aromatic rings. The second-order valence-corrected chi connectivity index (χ2v) is 4.68. The minimum absolute atomic E-state index is 0.0856. The molecule has 0 radical (unpaired) electrons. The molecule has 0 aromatic carbocycles. The van der Waals surface area contributed by atoms with Crippen LogP contribution < -0.4 is 0 Å². The van der Waals surface area contributed by atoms with Gasteiger partial charge in [-0.05, 0) is 24.2 Å². The van der Waals surface area contributed by atoms with Gasteiger partial charge in [-0.15, -0.1) is 0 Å². The highest BCUT2D eigenvalue weighted by Crippen LogP contribution is 2.42. The van der Waals surface area contributed by atoms with Crippen LogP contribution in [0.4, 0.5) is 0 Å². The molecular weight excluding hydrogens is 168 g/mol. The fraction of sp³-hybridized carbons (Fsp3) is 0.900. The number of carbonyl (C=O) groups excluding carboxylic acids is 1. The first-order valence-corrected chi connectivity index (χ1v) is 4.69. The van der Waals surface area contributed by atoms with Gasteiger partial charge in [0.25, 0.3) is 0 Å². The van der Waals surface area contributed by atoms with E-state index in [1.807, 2.05) is 0 Å². The lowest BCUT2D eigenvalue weighted by molar-refractivity contribution is -0.142. The van der Waals surface area contributed by atoms with Crippen LogP contribution in [0.25, 0.3) is 0 Å². The minimum Gasteiger partial charge on any atom is -0.469 e. The molecule has 1 N–H and O–H groups in total. The summed E-state index contributed by atoms with van der Waals surface area (Å²) in [6, 6.07) is 0. The van der Waals surface area contributed by atoms with E-state index in [4.69, 9.17) is 0 Å². The Hall–Kier alpha value is -0.570. The second kappa shape index (κ2) is 3.66. The third-order valence-electron chi connectivity index (χ3n) is 2.78. The van der Waals surface area contributed by atoms with Gasteiger partial charge in [0.1, 0.15) is 0 Å². The van der Waals surface area contributed by atoms with E-state index < -0.39 is 0 Å². The molecule has 3 nitrogen and oxygen atoms in total. The van der Waals surface area contributed by atoms with E-state index in [-0.39, 0.29) is 23.4 Å². The topological polar surface area (TPSA) is 46.5 Å². The van der Waals surface area contributed by atoms with Crippen molar-refractivity contribution in [3.63, 3.8) is 0 Å². The summed E-state index contributed by atoms with van der Waals surface area (Å²) in [4.78, 5) is 11.0. The van der Waals surface area contributed by atoms with Crippen molar-refractivity contribution in [3.8, 4) is 0 Å². The molecular formula is C10H18O3. The van der Waals surface area contributed by atoms with E-state index in [9.17, 15) is 9.90 Å². The van der Waals surface area contributed by atoms with Gasteiger partial charge in [-0.3, -0.25) is 4.79 Å². The molecule has 1 rings (SSSR count). The monoisotopic (exact) mass is 186 g/mol. The highest BCUT2D eigenvalue weighted by Gasteiger charge is 2.39. The molecule has 1 fully saturated rings. The van der Waals surface area contributed by atoms with Gasteiger partial charge in [0.2, 0.25) is 0 Å². The minimum atomic E-state index is -0.339. The zero-order valence-corrected chi connectivity index (χ0v) is 8.54. The van der Waals surface area contributed by atoms with E-state index in [0.717, 1.165) is 12.8 Å². The average molecular weight is 186 g/mol. The second-order valence-electron chi connectivity index (χ2n) is 4.68. The summed E-state index contributed by atoms with van der Waals surface area (Å²) >= 11 is 0. The number of ether oxygens (including phenoxy) is 1. The highest BCUT2D eigenvalue weighted by atomic mass is 16.5. The molecule has 2 atom stereocenters. The Balaban J connectivity index is 2.48. The molecule has 0 heterocycles. The molecule has 1 aliphatic rings. The van der Waals surface area contributed by atoms with Crippen molar-refractivity contribution in [2.45, 2.75) is 39.2 Å². The van der Waals surface area contributed by atoms with Crippen LogP contribution in [-0.2, 0) is 9.53 Å². The van der Waals surface area contributed by atoms with Crippen LogP contribution in [0.2, 0.25) is 0 Å². The number of carbonyl (C=O) groups is 1. The Labute approximate surface area is 79.1 Å². The first-order valence-electron chi connectivity index (χ1n) is 4.69. The zero-order valence-electron chi connectivity index (χ0n) is 8.54. The first-order chi connectivity index (χ1) is 5.94. The van der Waals surface area contributed by atoms with Gasteiger partial charge < -0.3 is 9.84 Å². The van der Waals surface area contributed by atoms with Crippen molar-refractivity contribution in [1.82, 2.24) is 0 Å². The fourth-order valence-corrected chi connectivity index (χ4v) is 2.17. The number of esters is 1. The molecule has 13 heavy (non-hydrogen) atoms. The Kier molecular flexibility index (Phi) is 2.96. The van der Waals surface area contributed by atoms with Crippen molar-refractivity contribution < 1.29 is 14.6 Å². The van der Waals surface area contributed by atoms with E-state index in [0.29, 0.717) is 6.42 Å². The SMILES string of the molecule is COC(=O)C[C@@H]1CC(C)(C)C[C@H]1O. The van der Waals surface area contributed by atoms with Crippen LogP contribution in [-0.4, -0.2) is 24.3 Å². The van der Waals surface area contributed by atoms with Crippen LogP contribution in [0, 0.1) is 11.3 Å². The van der Waals surface area contributed by atoms with Gasteiger partial charge in [-0.25, -0.2) is 0 Å². The Morgan fingerprint density at radius 2 is 2.15 bits per heavy atom. The molecule has 1 saturated carbocycles.